The summed E-state index contributed by atoms with van der Waals surface area (Å²) in [5, 5.41) is 2.28. The van der Waals surface area contributed by atoms with Crippen LogP contribution in [0.3, 0.4) is 0 Å². The van der Waals surface area contributed by atoms with E-state index < -0.39 is 0 Å². The fourth-order valence-electron chi connectivity index (χ4n) is 2.06. The highest BCUT2D eigenvalue weighted by atomic mass is 32.1. The van der Waals surface area contributed by atoms with Gasteiger partial charge in [0.05, 0.1) is 6.20 Å². The van der Waals surface area contributed by atoms with Crippen LogP contribution in [0.4, 0.5) is 4.39 Å². The minimum Gasteiger partial charge on any atom is -0.454 e. The van der Waals surface area contributed by atoms with Crippen molar-refractivity contribution in [3.8, 4) is 0 Å². The van der Waals surface area contributed by atoms with Crippen molar-refractivity contribution in [2.75, 3.05) is 0 Å². The Morgan fingerprint density at radius 3 is 2.48 bits per heavy atom. The van der Waals surface area contributed by atoms with E-state index in [0.29, 0.717) is 4.90 Å². The third kappa shape index (κ3) is 3.06. The topological polar surface area (TPSA) is 26.0 Å². The van der Waals surface area contributed by atoms with E-state index in [0.717, 1.165) is 21.9 Å². The molecule has 0 atom stereocenters. The van der Waals surface area contributed by atoms with Gasteiger partial charge in [0.2, 0.25) is 0 Å². The number of thiol groups is 1. The Labute approximate surface area is 126 Å². The Morgan fingerprint density at radius 1 is 0.905 bits per heavy atom. The summed E-state index contributed by atoms with van der Waals surface area (Å²) in [6, 6.07) is 16.1. The number of rotatable bonds is 0. The summed E-state index contributed by atoms with van der Waals surface area (Å²) in [6.45, 7) is 0. The van der Waals surface area contributed by atoms with Crippen LogP contribution in [0.25, 0.3) is 21.9 Å². The van der Waals surface area contributed by atoms with Gasteiger partial charge in [0.25, 0.3) is 0 Å². The van der Waals surface area contributed by atoms with E-state index in [9.17, 15) is 4.39 Å². The van der Waals surface area contributed by atoms with Crippen LogP contribution >= 0.6 is 12.6 Å². The smallest absolute Gasteiger partial charge is 0.153 e. The fraction of sp³-hybridized carbons (Fsp3) is 0. The average Bonchev–Trinajstić information content (AvgIpc) is 2.86. The lowest BCUT2D eigenvalue weighted by Crippen LogP contribution is -1.69. The van der Waals surface area contributed by atoms with Crippen LogP contribution in [-0.4, -0.2) is 4.98 Å². The van der Waals surface area contributed by atoms with Gasteiger partial charge in [0.1, 0.15) is 11.4 Å². The standard InChI is InChI=1S/C11H7NO.C6H5FS/c1-2-4-10-8(3-1)9-5-6-12-7-11(9)13-10;7-5-2-1-3-6(8)4-5/h1-7H;1-4,8H. The van der Waals surface area contributed by atoms with Crippen LogP contribution in [0, 0.1) is 5.82 Å². The molecular weight excluding hydrogens is 285 g/mol. The first-order chi connectivity index (χ1) is 10.2. The average molecular weight is 297 g/mol. The zero-order chi connectivity index (χ0) is 14.7. The zero-order valence-corrected chi connectivity index (χ0v) is 11.9. The number of para-hydroxylation sites is 1. The van der Waals surface area contributed by atoms with Gasteiger partial charge < -0.3 is 4.42 Å². The Morgan fingerprint density at radius 2 is 1.71 bits per heavy atom. The van der Waals surface area contributed by atoms with E-state index in [1.54, 1.807) is 24.5 Å². The molecule has 0 aliphatic carbocycles. The minimum atomic E-state index is -0.238. The maximum absolute atomic E-state index is 12.1. The molecule has 0 unspecified atom stereocenters. The van der Waals surface area contributed by atoms with Crippen molar-refractivity contribution in [3.63, 3.8) is 0 Å². The van der Waals surface area contributed by atoms with Crippen LogP contribution in [0.15, 0.2) is 76.3 Å². The van der Waals surface area contributed by atoms with E-state index in [1.165, 1.54) is 12.1 Å². The second-order valence-corrected chi connectivity index (χ2v) is 4.97. The maximum Gasteiger partial charge on any atom is 0.153 e. The summed E-state index contributed by atoms with van der Waals surface area (Å²) in [5.74, 6) is -0.238. The molecule has 104 valence electrons. The molecule has 0 radical (unpaired) electrons. The largest absolute Gasteiger partial charge is 0.454 e. The van der Waals surface area contributed by atoms with E-state index in [4.69, 9.17) is 4.42 Å². The molecule has 0 amide bonds. The van der Waals surface area contributed by atoms with Crippen LogP contribution in [0.1, 0.15) is 0 Å². The predicted octanol–water partition coefficient (Wildman–Crippen LogP) is 5.10. The molecule has 0 saturated heterocycles. The molecule has 0 bridgehead atoms. The van der Waals surface area contributed by atoms with Gasteiger partial charge in [-0.1, -0.05) is 24.3 Å². The number of halogens is 1. The van der Waals surface area contributed by atoms with Gasteiger partial charge in [0.15, 0.2) is 5.58 Å². The summed E-state index contributed by atoms with van der Waals surface area (Å²) in [7, 11) is 0. The molecular formula is C17H12FNOS. The van der Waals surface area contributed by atoms with Crippen molar-refractivity contribution in [3.05, 3.63) is 72.8 Å². The molecule has 0 spiro atoms. The van der Waals surface area contributed by atoms with Crippen molar-refractivity contribution < 1.29 is 8.81 Å². The summed E-state index contributed by atoms with van der Waals surface area (Å²) >= 11 is 3.91. The first kappa shape index (κ1) is 13.6. The highest BCUT2D eigenvalue weighted by Gasteiger charge is 2.03. The first-order valence-electron chi connectivity index (χ1n) is 6.40. The fourth-order valence-corrected chi connectivity index (χ4v) is 2.27. The van der Waals surface area contributed by atoms with Gasteiger partial charge in [-0.2, -0.15) is 0 Å². The third-order valence-corrected chi connectivity index (χ3v) is 3.27. The molecule has 4 aromatic rings. The maximum atomic E-state index is 12.1. The molecule has 2 aromatic heterocycles. The van der Waals surface area contributed by atoms with E-state index >= 15 is 0 Å². The van der Waals surface area contributed by atoms with Crippen molar-refractivity contribution in [2.24, 2.45) is 0 Å². The summed E-state index contributed by atoms with van der Waals surface area (Å²) in [4.78, 5) is 4.67. The number of hydrogen-bond acceptors (Lipinski definition) is 3. The van der Waals surface area contributed by atoms with Gasteiger partial charge in [-0.05, 0) is 30.3 Å². The van der Waals surface area contributed by atoms with Gasteiger partial charge in [-0.15, -0.1) is 12.6 Å². The Balaban J connectivity index is 0.000000143. The minimum absolute atomic E-state index is 0.238. The molecule has 0 N–H and O–H groups in total. The molecule has 2 nitrogen and oxygen atoms in total. The second kappa shape index (κ2) is 5.97. The number of fused-ring (bicyclic) bond motifs is 3. The number of hydrogen-bond donors (Lipinski definition) is 1. The van der Waals surface area contributed by atoms with Gasteiger partial charge in [-0.3, -0.25) is 4.98 Å². The quantitative estimate of drug-likeness (QED) is 0.457. The molecule has 4 rings (SSSR count). The molecule has 2 aromatic carbocycles. The lowest BCUT2D eigenvalue weighted by atomic mass is 10.2. The monoisotopic (exact) mass is 297 g/mol. The molecule has 4 heteroatoms. The second-order valence-electron chi connectivity index (χ2n) is 4.45. The van der Waals surface area contributed by atoms with Crippen molar-refractivity contribution >= 4 is 34.6 Å². The molecule has 0 aliphatic rings. The number of benzene rings is 2. The lowest BCUT2D eigenvalue weighted by molar-refractivity contribution is 0.624. The number of nitrogens with zero attached hydrogens (tertiary/aromatic N) is 1. The Hall–Kier alpha value is -2.33. The highest BCUT2D eigenvalue weighted by molar-refractivity contribution is 7.80. The van der Waals surface area contributed by atoms with Gasteiger partial charge >= 0.3 is 0 Å². The summed E-state index contributed by atoms with van der Waals surface area (Å²) in [5.41, 5.74) is 1.77. The molecule has 21 heavy (non-hydrogen) atoms. The van der Waals surface area contributed by atoms with E-state index in [1.807, 2.05) is 24.3 Å². The summed E-state index contributed by atoms with van der Waals surface area (Å²) < 4.78 is 17.7. The molecule has 2 heterocycles. The van der Waals surface area contributed by atoms with Crippen LogP contribution in [0.2, 0.25) is 0 Å². The number of aromatic nitrogens is 1. The molecule has 0 aliphatic heterocycles. The molecule has 0 fully saturated rings. The van der Waals surface area contributed by atoms with Gasteiger partial charge in [0, 0.05) is 21.9 Å². The van der Waals surface area contributed by atoms with E-state index in [-0.39, 0.29) is 5.82 Å². The van der Waals surface area contributed by atoms with Crippen molar-refractivity contribution in [2.45, 2.75) is 4.90 Å². The van der Waals surface area contributed by atoms with Crippen molar-refractivity contribution in [1.29, 1.82) is 0 Å². The first-order valence-corrected chi connectivity index (χ1v) is 6.84. The van der Waals surface area contributed by atoms with Crippen LogP contribution in [-0.2, 0) is 0 Å². The Bertz CT molecular complexity index is 820. The SMILES string of the molecule is Fc1cccc(S)c1.c1ccc2c(c1)oc1cnccc12. The highest BCUT2D eigenvalue weighted by Crippen LogP contribution is 2.26. The Kier molecular flexibility index (Phi) is 3.88. The van der Waals surface area contributed by atoms with Gasteiger partial charge in [-0.25, -0.2) is 4.39 Å². The van der Waals surface area contributed by atoms with Crippen LogP contribution in [0.5, 0.6) is 0 Å². The molecule has 0 saturated carbocycles. The normalized spacial score (nSPS) is 10.4. The lowest BCUT2D eigenvalue weighted by Gasteiger charge is -1.86. The van der Waals surface area contributed by atoms with Crippen molar-refractivity contribution in [1.82, 2.24) is 4.98 Å². The third-order valence-electron chi connectivity index (χ3n) is 2.99. The number of furan rings is 1. The predicted molar refractivity (Wildman–Crippen MR) is 85.2 cm³/mol. The summed E-state index contributed by atoms with van der Waals surface area (Å²) in [6.07, 6.45) is 3.53. The number of pyridine rings is 1. The zero-order valence-electron chi connectivity index (χ0n) is 11.0. The van der Waals surface area contributed by atoms with Crippen LogP contribution < -0.4 is 0 Å². The van der Waals surface area contributed by atoms with E-state index in [2.05, 4.69) is 23.7 Å².